The fourth-order valence-electron chi connectivity index (χ4n) is 1.08. The molecule has 0 amide bonds. The van der Waals surface area contributed by atoms with Crippen LogP contribution in [0, 0.1) is 0 Å². The number of nitrogens with one attached hydrogen (secondary N) is 1. The average Bonchev–Trinajstić information content (AvgIpc) is 2.88. The zero-order chi connectivity index (χ0) is 10.8. The largest absolute Gasteiger partial charge is 0.477 e. The standard InChI is InChI=1S/C9H6N2O3S/c12-8(7-2-1-3-15-7)5-4-6(9(13)14)11-10-5/h1-4H,(H,10,11)(H,13,14). The van der Waals surface area contributed by atoms with Gasteiger partial charge in [-0.05, 0) is 11.4 Å². The van der Waals surface area contributed by atoms with Gasteiger partial charge < -0.3 is 5.11 Å². The summed E-state index contributed by atoms with van der Waals surface area (Å²) in [6, 6.07) is 4.65. The Labute approximate surface area is 88.4 Å². The molecule has 15 heavy (non-hydrogen) atoms. The summed E-state index contributed by atoms with van der Waals surface area (Å²) in [5.41, 5.74) is 0.0322. The maximum Gasteiger partial charge on any atom is 0.353 e. The molecular weight excluding hydrogens is 216 g/mol. The zero-order valence-electron chi connectivity index (χ0n) is 7.43. The van der Waals surface area contributed by atoms with Crippen LogP contribution in [-0.2, 0) is 0 Å². The summed E-state index contributed by atoms with van der Waals surface area (Å²) >= 11 is 1.29. The fraction of sp³-hybridized carbons (Fsp3) is 0. The lowest BCUT2D eigenvalue weighted by Gasteiger charge is -1.88. The molecule has 0 atom stereocenters. The van der Waals surface area contributed by atoms with Crippen LogP contribution in [0.3, 0.4) is 0 Å². The van der Waals surface area contributed by atoms with Crippen LogP contribution in [-0.4, -0.2) is 27.1 Å². The van der Waals surface area contributed by atoms with E-state index in [1.165, 1.54) is 17.4 Å². The number of ketones is 1. The number of carbonyl (C=O) groups excluding carboxylic acids is 1. The number of hydrogen-bond donors (Lipinski definition) is 2. The first-order valence-electron chi connectivity index (χ1n) is 4.05. The highest BCUT2D eigenvalue weighted by Gasteiger charge is 2.15. The molecule has 2 rings (SSSR count). The summed E-state index contributed by atoms with van der Waals surface area (Å²) in [5, 5.41) is 16.3. The molecule has 6 heteroatoms. The Balaban J connectivity index is 2.31. The van der Waals surface area contributed by atoms with Crippen molar-refractivity contribution in [2.75, 3.05) is 0 Å². The summed E-state index contributed by atoms with van der Waals surface area (Å²) in [6.45, 7) is 0. The average molecular weight is 222 g/mol. The van der Waals surface area contributed by atoms with Crippen molar-refractivity contribution < 1.29 is 14.7 Å². The van der Waals surface area contributed by atoms with E-state index < -0.39 is 5.97 Å². The molecule has 76 valence electrons. The second kappa shape index (κ2) is 3.66. The maximum absolute atomic E-state index is 11.7. The molecule has 2 aromatic heterocycles. The molecule has 0 saturated carbocycles. The van der Waals surface area contributed by atoms with Crippen molar-refractivity contribution in [3.8, 4) is 0 Å². The highest BCUT2D eigenvalue weighted by molar-refractivity contribution is 7.12. The van der Waals surface area contributed by atoms with E-state index in [0.717, 1.165) is 0 Å². The molecule has 0 aliphatic rings. The Bertz CT molecular complexity index is 501. The smallest absolute Gasteiger partial charge is 0.353 e. The minimum atomic E-state index is -1.13. The van der Waals surface area contributed by atoms with E-state index in [1.807, 2.05) is 0 Å². The molecule has 0 unspecified atom stereocenters. The number of carboxylic acids is 1. The van der Waals surface area contributed by atoms with E-state index in [-0.39, 0.29) is 17.2 Å². The molecule has 0 radical (unpaired) electrons. The monoisotopic (exact) mass is 222 g/mol. The van der Waals surface area contributed by atoms with Crippen LogP contribution < -0.4 is 0 Å². The number of thiophene rings is 1. The van der Waals surface area contributed by atoms with Gasteiger partial charge in [0.2, 0.25) is 5.78 Å². The van der Waals surface area contributed by atoms with Crippen molar-refractivity contribution in [1.29, 1.82) is 0 Å². The topological polar surface area (TPSA) is 83.0 Å². The summed E-state index contributed by atoms with van der Waals surface area (Å²) < 4.78 is 0. The molecular formula is C9H6N2O3S. The van der Waals surface area contributed by atoms with Gasteiger partial charge in [0.15, 0.2) is 0 Å². The lowest BCUT2D eigenvalue weighted by Crippen LogP contribution is -1.98. The fourth-order valence-corrected chi connectivity index (χ4v) is 1.75. The van der Waals surface area contributed by atoms with Gasteiger partial charge in [-0.1, -0.05) is 6.07 Å². The van der Waals surface area contributed by atoms with Crippen molar-refractivity contribution in [2.24, 2.45) is 0 Å². The van der Waals surface area contributed by atoms with Gasteiger partial charge >= 0.3 is 5.97 Å². The van der Waals surface area contributed by atoms with Gasteiger partial charge in [-0.2, -0.15) is 5.10 Å². The Morgan fingerprint density at radius 1 is 1.47 bits per heavy atom. The van der Waals surface area contributed by atoms with E-state index >= 15 is 0 Å². The third-order valence-electron chi connectivity index (χ3n) is 1.79. The van der Waals surface area contributed by atoms with Crippen LogP contribution >= 0.6 is 11.3 Å². The Hall–Kier alpha value is -1.95. The van der Waals surface area contributed by atoms with Gasteiger partial charge in [0.25, 0.3) is 0 Å². The Morgan fingerprint density at radius 2 is 2.27 bits per heavy atom. The van der Waals surface area contributed by atoms with Crippen molar-refractivity contribution in [3.05, 3.63) is 39.8 Å². The van der Waals surface area contributed by atoms with Gasteiger partial charge in [0.05, 0.1) is 4.88 Å². The molecule has 0 bridgehead atoms. The van der Waals surface area contributed by atoms with Crippen molar-refractivity contribution in [2.45, 2.75) is 0 Å². The summed E-state index contributed by atoms with van der Waals surface area (Å²) in [6.07, 6.45) is 0. The van der Waals surface area contributed by atoms with Crippen molar-refractivity contribution in [1.82, 2.24) is 10.2 Å². The maximum atomic E-state index is 11.7. The van der Waals surface area contributed by atoms with Crippen molar-refractivity contribution >= 4 is 23.1 Å². The number of aromatic carboxylic acids is 1. The Kier molecular flexibility index (Phi) is 2.34. The number of H-pyrrole nitrogens is 1. The van der Waals surface area contributed by atoms with E-state index in [9.17, 15) is 9.59 Å². The zero-order valence-corrected chi connectivity index (χ0v) is 8.25. The second-order valence-corrected chi connectivity index (χ2v) is 3.73. The summed E-state index contributed by atoms with van der Waals surface area (Å²) in [4.78, 5) is 22.8. The van der Waals surface area contributed by atoms with Gasteiger partial charge in [0.1, 0.15) is 11.4 Å². The molecule has 0 aromatic carbocycles. The minimum absolute atomic E-state index is 0.0880. The third-order valence-corrected chi connectivity index (χ3v) is 2.65. The van der Waals surface area contributed by atoms with E-state index in [4.69, 9.17) is 5.11 Å². The molecule has 0 aliphatic carbocycles. The molecule has 2 heterocycles. The molecule has 0 spiro atoms. The molecule has 2 N–H and O–H groups in total. The SMILES string of the molecule is O=C(O)c1cc(C(=O)c2cccs2)n[nH]1. The first-order chi connectivity index (χ1) is 7.18. The van der Waals surface area contributed by atoms with Crippen LogP contribution in [0.2, 0.25) is 0 Å². The number of hydrogen-bond acceptors (Lipinski definition) is 4. The number of nitrogens with zero attached hydrogens (tertiary/aromatic N) is 1. The number of rotatable bonds is 3. The van der Waals surface area contributed by atoms with E-state index in [0.29, 0.717) is 4.88 Å². The van der Waals surface area contributed by atoms with Gasteiger partial charge in [-0.25, -0.2) is 4.79 Å². The van der Waals surface area contributed by atoms with Crippen LogP contribution in [0.4, 0.5) is 0 Å². The number of carbonyl (C=O) groups is 2. The highest BCUT2D eigenvalue weighted by atomic mass is 32.1. The van der Waals surface area contributed by atoms with Crippen molar-refractivity contribution in [3.63, 3.8) is 0 Å². The summed E-state index contributed by atoms with van der Waals surface area (Å²) in [5.74, 6) is -1.40. The van der Waals surface area contributed by atoms with Crippen LogP contribution in [0.5, 0.6) is 0 Å². The van der Waals surface area contributed by atoms with Gasteiger partial charge in [0, 0.05) is 6.07 Å². The van der Waals surface area contributed by atoms with E-state index in [2.05, 4.69) is 10.2 Å². The predicted octanol–water partition coefficient (Wildman–Crippen LogP) is 1.40. The van der Waals surface area contributed by atoms with Crippen LogP contribution in [0.1, 0.15) is 25.9 Å². The normalized spacial score (nSPS) is 10.1. The quantitative estimate of drug-likeness (QED) is 0.769. The third kappa shape index (κ3) is 1.79. The van der Waals surface area contributed by atoms with Crippen LogP contribution in [0.25, 0.3) is 0 Å². The highest BCUT2D eigenvalue weighted by Crippen LogP contribution is 2.14. The second-order valence-electron chi connectivity index (χ2n) is 2.78. The molecule has 2 aromatic rings. The molecule has 0 saturated heterocycles. The predicted molar refractivity (Wildman–Crippen MR) is 53.3 cm³/mol. The minimum Gasteiger partial charge on any atom is -0.477 e. The summed E-state index contributed by atoms with van der Waals surface area (Å²) in [7, 11) is 0. The Morgan fingerprint density at radius 3 is 2.80 bits per heavy atom. The molecule has 0 aliphatic heterocycles. The first-order valence-corrected chi connectivity index (χ1v) is 4.93. The first kappa shape index (κ1) is 9.60. The van der Waals surface area contributed by atoms with Gasteiger partial charge in [-0.3, -0.25) is 9.89 Å². The molecule has 5 nitrogen and oxygen atoms in total. The lowest BCUT2D eigenvalue weighted by atomic mass is 10.2. The lowest BCUT2D eigenvalue weighted by molar-refractivity contribution is 0.0690. The van der Waals surface area contributed by atoms with Gasteiger partial charge in [-0.15, -0.1) is 11.3 Å². The number of aromatic amines is 1. The van der Waals surface area contributed by atoms with E-state index in [1.54, 1.807) is 17.5 Å². The molecule has 0 fully saturated rings. The van der Waals surface area contributed by atoms with Crippen LogP contribution in [0.15, 0.2) is 23.6 Å². The number of carboxylic acid groups (broad SMARTS) is 1. The number of aromatic nitrogens is 2.